The topological polar surface area (TPSA) is 69.7 Å². The summed E-state index contributed by atoms with van der Waals surface area (Å²) < 4.78 is 10.5. The Morgan fingerprint density at radius 3 is 2.57 bits per heavy atom. The molecule has 0 aromatic rings. The first-order valence-electron chi connectivity index (χ1n) is 10.9. The van der Waals surface area contributed by atoms with E-state index in [2.05, 4.69) is 13.8 Å². The van der Waals surface area contributed by atoms with E-state index in [0.29, 0.717) is 30.0 Å². The zero-order valence-electron chi connectivity index (χ0n) is 17.3. The highest BCUT2D eigenvalue weighted by Gasteiger charge is 2.60. The van der Waals surface area contributed by atoms with Crippen molar-refractivity contribution in [2.45, 2.75) is 78.2 Å². The second kappa shape index (κ2) is 7.00. The number of fused-ring (bicyclic) bond motifs is 5. The van der Waals surface area contributed by atoms with Crippen molar-refractivity contribution >= 4 is 17.7 Å². The standard InChI is InChI=1S/C23H32O5/c1-4-27-20(25)21(26)28-19-8-7-17-16-6-5-14-13-15(24)9-11-22(14,2)18(16)10-12-23(17,19)3/h13,16-19H,4-12H2,1-3H3/t16-,17-,18+,19-,22+,23+/m1/s1. The van der Waals surface area contributed by atoms with Gasteiger partial charge in [-0.15, -0.1) is 0 Å². The molecule has 0 N–H and O–H groups in total. The molecule has 5 heteroatoms. The van der Waals surface area contributed by atoms with Gasteiger partial charge in [0.1, 0.15) is 6.10 Å². The van der Waals surface area contributed by atoms with Gasteiger partial charge >= 0.3 is 11.9 Å². The minimum atomic E-state index is -0.880. The molecule has 4 aliphatic rings. The fraction of sp³-hybridized carbons (Fsp3) is 0.783. The minimum absolute atomic E-state index is 0.0641. The Bertz CT molecular complexity index is 725. The molecule has 154 valence electrons. The van der Waals surface area contributed by atoms with Crippen LogP contribution in [0.2, 0.25) is 0 Å². The Morgan fingerprint density at radius 1 is 1.04 bits per heavy atom. The van der Waals surface area contributed by atoms with Gasteiger partial charge in [-0.05, 0) is 81.1 Å². The van der Waals surface area contributed by atoms with Crippen LogP contribution < -0.4 is 0 Å². The Labute approximate surface area is 167 Å². The Kier molecular flexibility index (Phi) is 4.91. The van der Waals surface area contributed by atoms with Gasteiger partial charge in [-0.1, -0.05) is 19.4 Å². The summed E-state index contributed by atoms with van der Waals surface area (Å²) in [6, 6.07) is 0. The third kappa shape index (κ3) is 2.93. The van der Waals surface area contributed by atoms with Gasteiger partial charge < -0.3 is 9.47 Å². The van der Waals surface area contributed by atoms with E-state index in [9.17, 15) is 14.4 Å². The van der Waals surface area contributed by atoms with E-state index in [0.717, 1.165) is 44.9 Å². The number of ketones is 1. The number of ether oxygens (including phenoxy) is 2. The van der Waals surface area contributed by atoms with Crippen molar-refractivity contribution in [1.82, 2.24) is 0 Å². The maximum atomic E-state index is 12.1. The number of carbonyl (C=O) groups is 3. The summed E-state index contributed by atoms with van der Waals surface area (Å²) in [5, 5.41) is 0. The van der Waals surface area contributed by atoms with Crippen LogP contribution in [0, 0.1) is 28.6 Å². The molecule has 0 aliphatic heterocycles. The van der Waals surface area contributed by atoms with E-state index in [1.165, 1.54) is 5.57 Å². The van der Waals surface area contributed by atoms with Crippen LogP contribution >= 0.6 is 0 Å². The molecule has 3 fully saturated rings. The first kappa shape index (κ1) is 19.7. The van der Waals surface area contributed by atoms with Crippen LogP contribution in [0.4, 0.5) is 0 Å². The summed E-state index contributed by atoms with van der Waals surface area (Å²) in [4.78, 5) is 35.8. The lowest BCUT2D eigenvalue weighted by molar-refractivity contribution is -0.176. The SMILES string of the molecule is CCOC(=O)C(=O)O[C@@H]1CC[C@@H]2[C@H]3CCC4=CC(=O)CC[C@]4(C)[C@H]3CC[C@@]21C. The molecule has 6 atom stereocenters. The van der Waals surface area contributed by atoms with E-state index in [1.807, 2.05) is 6.08 Å². The molecule has 0 saturated heterocycles. The summed E-state index contributed by atoms with van der Waals surface area (Å²) >= 11 is 0. The van der Waals surface area contributed by atoms with Gasteiger partial charge in [-0.25, -0.2) is 9.59 Å². The lowest BCUT2D eigenvalue weighted by Gasteiger charge is -2.57. The molecule has 0 unspecified atom stereocenters. The van der Waals surface area contributed by atoms with Crippen LogP contribution in [0.1, 0.15) is 72.1 Å². The first-order chi connectivity index (χ1) is 13.3. The van der Waals surface area contributed by atoms with Crippen LogP contribution in [0.3, 0.4) is 0 Å². The van der Waals surface area contributed by atoms with Gasteiger partial charge in [0.05, 0.1) is 6.61 Å². The van der Waals surface area contributed by atoms with Crippen molar-refractivity contribution in [3.05, 3.63) is 11.6 Å². The summed E-state index contributed by atoms with van der Waals surface area (Å²) in [6.07, 6.45) is 9.51. The van der Waals surface area contributed by atoms with E-state index in [-0.39, 0.29) is 23.5 Å². The molecular formula is C23H32O5. The quantitative estimate of drug-likeness (QED) is 0.528. The summed E-state index contributed by atoms with van der Waals surface area (Å²) in [7, 11) is 0. The van der Waals surface area contributed by atoms with Crippen LogP contribution in [0.15, 0.2) is 11.6 Å². The van der Waals surface area contributed by atoms with Crippen LogP contribution in [-0.4, -0.2) is 30.4 Å². The van der Waals surface area contributed by atoms with Crippen LogP contribution in [0.5, 0.6) is 0 Å². The molecule has 0 spiro atoms. The average Bonchev–Trinajstić information content (AvgIpc) is 2.99. The summed E-state index contributed by atoms with van der Waals surface area (Å²) in [5.41, 5.74) is 1.46. The van der Waals surface area contributed by atoms with E-state index in [1.54, 1.807) is 6.92 Å². The lowest BCUT2D eigenvalue weighted by Crippen LogP contribution is -2.51. The van der Waals surface area contributed by atoms with Crippen LogP contribution in [-0.2, 0) is 23.9 Å². The van der Waals surface area contributed by atoms with Crippen molar-refractivity contribution in [1.29, 1.82) is 0 Å². The number of carbonyl (C=O) groups excluding carboxylic acids is 3. The molecule has 5 nitrogen and oxygen atoms in total. The molecule has 3 saturated carbocycles. The monoisotopic (exact) mass is 388 g/mol. The van der Waals surface area contributed by atoms with Crippen molar-refractivity contribution in [2.24, 2.45) is 28.6 Å². The second-order valence-corrected chi connectivity index (χ2v) is 9.71. The van der Waals surface area contributed by atoms with Crippen molar-refractivity contribution < 1.29 is 23.9 Å². The largest absolute Gasteiger partial charge is 0.458 e. The number of rotatable bonds is 2. The average molecular weight is 389 g/mol. The third-order valence-electron chi connectivity index (χ3n) is 8.57. The number of esters is 2. The molecule has 28 heavy (non-hydrogen) atoms. The molecule has 0 aromatic carbocycles. The zero-order valence-corrected chi connectivity index (χ0v) is 17.3. The fourth-order valence-electron chi connectivity index (χ4n) is 7.07. The normalized spacial score (nSPS) is 42.0. The molecule has 4 aliphatic carbocycles. The Morgan fingerprint density at radius 2 is 1.82 bits per heavy atom. The molecular weight excluding hydrogens is 356 g/mol. The maximum Gasteiger partial charge on any atom is 0.417 e. The fourth-order valence-corrected chi connectivity index (χ4v) is 7.07. The van der Waals surface area contributed by atoms with Gasteiger partial charge in [0, 0.05) is 11.8 Å². The predicted octanol–water partition coefficient (Wildman–Crippen LogP) is 3.99. The highest BCUT2D eigenvalue weighted by molar-refractivity contribution is 6.29. The number of hydrogen-bond acceptors (Lipinski definition) is 5. The number of hydrogen-bond donors (Lipinski definition) is 0. The van der Waals surface area contributed by atoms with Gasteiger partial charge in [0.2, 0.25) is 0 Å². The van der Waals surface area contributed by atoms with Crippen LogP contribution in [0.25, 0.3) is 0 Å². The van der Waals surface area contributed by atoms with Crippen molar-refractivity contribution in [2.75, 3.05) is 6.61 Å². The smallest absolute Gasteiger partial charge is 0.417 e. The minimum Gasteiger partial charge on any atom is -0.458 e. The zero-order chi connectivity index (χ0) is 20.1. The van der Waals surface area contributed by atoms with Gasteiger partial charge in [0.15, 0.2) is 5.78 Å². The Hall–Kier alpha value is -1.65. The van der Waals surface area contributed by atoms with Crippen molar-refractivity contribution in [3.8, 4) is 0 Å². The maximum absolute atomic E-state index is 12.1. The molecule has 0 heterocycles. The van der Waals surface area contributed by atoms with E-state index < -0.39 is 11.9 Å². The molecule has 0 bridgehead atoms. The molecule has 4 rings (SSSR count). The Balaban J connectivity index is 1.52. The molecule has 0 radical (unpaired) electrons. The van der Waals surface area contributed by atoms with E-state index in [4.69, 9.17) is 9.47 Å². The number of allylic oxidation sites excluding steroid dienone is 1. The lowest BCUT2D eigenvalue weighted by atomic mass is 9.47. The van der Waals surface area contributed by atoms with Crippen molar-refractivity contribution in [3.63, 3.8) is 0 Å². The van der Waals surface area contributed by atoms with Gasteiger partial charge in [0.25, 0.3) is 0 Å². The highest BCUT2D eigenvalue weighted by atomic mass is 16.6. The van der Waals surface area contributed by atoms with Gasteiger partial charge in [-0.3, -0.25) is 4.79 Å². The molecule has 0 aromatic heterocycles. The summed E-state index contributed by atoms with van der Waals surface area (Å²) in [5.74, 6) is 0.303. The third-order valence-corrected chi connectivity index (χ3v) is 8.57. The predicted molar refractivity (Wildman–Crippen MR) is 103 cm³/mol. The van der Waals surface area contributed by atoms with E-state index >= 15 is 0 Å². The second-order valence-electron chi connectivity index (χ2n) is 9.71. The summed E-state index contributed by atoms with van der Waals surface area (Å²) in [6.45, 7) is 6.49. The first-order valence-corrected chi connectivity index (χ1v) is 10.9. The molecule has 0 amide bonds. The highest BCUT2D eigenvalue weighted by Crippen LogP contribution is 2.65. The van der Waals surface area contributed by atoms with Gasteiger partial charge in [-0.2, -0.15) is 0 Å².